The first-order chi connectivity index (χ1) is 17.4. The van der Waals surface area contributed by atoms with E-state index in [2.05, 4.69) is 48.9 Å². The third-order valence-corrected chi connectivity index (χ3v) is 6.46. The number of unbranched alkanes of at least 4 members (excludes halogenated alkanes) is 1. The molecule has 0 unspecified atom stereocenters. The molecule has 8 nitrogen and oxygen atoms in total. The molecule has 0 bridgehead atoms. The average Bonchev–Trinajstić information content (AvgIpc) is 2.87. The Kier molecular flexibility index (Phi) is 8.27. The Morgan fingerprint density at radius 3 is 2.56 bits per heavy atom. The zero-order valence-electron chi connectivity index (χ0n) is 19.4. The van der Waals surface area contributed by atoms with Gasteiger partial charge in [-0.05, 0) is 54.4 Å². The van der Waals surface area contributed by atoms with Crippen molar-refractivity contribution in [2.45, 2.75) is 32.8 Å². The van der Waals surface area contributed by atoms with Crippen molar-refractivity contribution in [3.8, 4) is 5.75 Å². The fourth-order valence-electron chi connectivity index (χ4n) is 3.56. The van der Waals surface area contributed by atoms with Crippen LogP contribution in [0.25, 0.3) is 10.9 Å². The molecule has 1 heterocycles. The van der Waals surface area contributed by atoms with Gasteiger partial charge in [0.05, 0.1) is 22.0 Å². The van der Waals surface area contributed by atoms with Crippen molar-refractivity contribution in [3.63, 3.8) is 0 Å². The molecule has 0 spiro atoms. The molecule has 0 aliphatic heterocycles. The summed E-state index contributed by atoms with van der Waals surface area (Å²) in [4.78, 5) is 29.1. The van der Waals surface area contributed by atoms with Crippen molar-refractivity contribution in [2.24, 2.45) is 5.10 Å². The van der Waals surface area contributed by atoms with Crippen LogP contribution in [0.5, 0.6) is 5.75 Å². The Balaban J connectivity index is 1.65. The van der Waals surface area contributed by atoms with Gasteiger partial charge in [-0.15, -0.1) is 0 Å². The van der Waals surface area contributed by atoms with Crippen molar-refractivity contribution in [3.05, 3.63) is 107 Å². The number of ether oxygens (including phenoxy) is 1. The van der Waals surface area contributed by atoms with Gasteiger partial charge in [0.15, 0.2) is 5.75 Å². The molecule has 4 aromatic rings. The minimum absolute atomic E-state index is 0.151. The summed E-state index contributed by atoms with van der Waals surface area (Å²) in [5.74, 6) is 0.690. The first kappa shape index (κ1) is 25.7. The summed E-state index contributed by atoms with van der Waals surface area (Å²) in [6.07, 6.45) is 3.79. The van der Waals surface area contributed by atoms with Gasteiger partial charge in [0.25, 0.3) is 5.56 Å². The number of benzene rings is 3. The average molecular weight is 614 g/mol. The van der Waals surface area contributed by atoms with Crippen molar-refractivity contribution in [1.29, 1.82) is 0 Å². The number of nitrogens with zero attached hydrogens (tertiary/aromatic N) is 4. The molecule has 4 rings (SSSR count). The molecule has 0 atom stereocenters. The third kappa shape index (κ3) is 6.06. The highest BCUT2D eigenvalue weighted by Crippen LogP contribution is 2.28. The van der Waals surface area contributed by atoms with Crippen molar-refractivity contribution in [1.82, 2.24) is 9.66 Å². The number of aromatic nitrogens is 2. The van der Waals surface area contributed by atoms with Crippen LogP contribution in [0.1, 0.15) is 36.7 Å². The standard InChI is InChI=1S/C26H22Br2N4O4/c1-2-3-4-25-30-22-11-10-20(28)14-21(22)26(33)31(25)29-15-18-7-12-24(23(13-18)32(34)35)36-16-17-5-8-19(27)9-6-17/h5-15H,2-4,16H2,1H3. The molecule has 0 aliphatic carbocycles. The zero-order valence-corrected chi connectivity index (χ0v) is 22.5. The summed E-state index contributed by atoms with van der Waals surface area (Å²) in [6, 6.07) is 17.4. The van der Waals surface area contributed by atoms with Crippen LogP contribution in [0.2, 0.25) is 0 Å². The molecule has 0 aliphatic rings. The van der Waals surface area contributed by atoms with E-state index in [0.717, 1.165) is 27.4 Å². The summed E-state index contributed by atoms with van der Waals surface area (Å²) >= 11 is 6.77. The topological polar surface area (TPSA) is 99.6 Å². The van der Waals surface area contributed by atoms with E-state index in [1.165, 1.54) is 23.0 Å². The normalized spacial score (nSPS) is 11.3. The van der Waals surface area contributed by atoms with Gasteiger partial charge in [-0.1, -0.05) is 57.3 Å². The van der Waals surface area contributed by atoms with Crippen LogP contribution in [0.15, 0.2) is 79.5 Å². The van der Waals surface area contributed by atoms with E-state index >= 15 is 0 Å². The van der Waals surface area contributed by atoms with Gasteiger partial charge in [0.2, 0.25) is 0 Å². The minimum atomic E-state index is -0.498. The van der Waals surface area contributed by atoms with Gasteiger partial charge >= 0.3 is 5.69 Å². The molecule has 0 saturated carbocycles. The van der Waals surface area contributed by atoms with Crippen LogP contribution in [0, 0.1) is 10.1 Å². The summed E-state index contributed by atoms with van der Waals surface area (Å²) in [6.45, 7) is 2.25. The lowest BCUT2D eigenvalue weighted by atomic mass is 10.2. The van der Waals surface area contributed by atoms with E-state index in [9.17, 15) is 14.9 Å². The van der Waals surface area contributed by atoms with E-state index in [-0.39, 0.29) is 23.6 Å². The Morgan fingerprint density at radius 2 is 1.83 bits per heavy atom. The van der Waals surface area contributed by atoms with Gasteiger partial charge in [0, 0.05) is 27.0 Å². The lowest BCUT2D eigenvalue weighted by Gasteiger charge is -2.10. The number of rotatable bonds is 9. The Morgan fingerprint density at radius 1 is 1.08 bits per heavy atom. The van der Waals surface area contributed by atoms with E-state index in [0.29, 0.717) is 28.7 Å². The van der Waals surface area contributed by atoms with E-state index in [4.69, 9.17) is 4.74 Å². The van der Waals surface area contributed by atoms with Crippen LogP contribution < -0.4 is 10.3 Å². The summed E-state index contributed by atoms with van der Waals surface area (Å²) in [5, 5.41) is 16.5. The lowest BCUT2D eigenvalue weighted by Crippen LogP contribution is -2.22. The molecule has 0 saturated heterocycles. The number of hydrogen-bond donors (Lipinski definition) is 0. The minimum Gasteiger partial charge on any atom is -0.482 e. The number of nitro groups is 1. The predicted molar refractivity (Wildman–Crippen MR) is 147 cm³/mol. The Bertz CT molecular complexity index is 1500. The maximum atomic E-state index is 13.2. The summed E-state index contributed by atoms with van der Waals surface area (Å²) in [5.41, 5.74) is 1.46. The molecule has 0 radical (unpaired) electrons. The molecule has 0 fully saturated rings. The number of halogens is 2. The van der Waals surface area contributed by atoms with E-state index < -0.39 is 4.92 Å². The molecular formula is C26H22Br2N4O4. The molecule has 36 heavy (non-hydrogen) atoms. The summed E-state index contributed by atoms with van der Waals surface area (Å²) < 4.78 is 8.69. The monoisotopic (exact) mass is 612 g/mol. The number of hydrogen-bond acceptors (Lipinski definition) is 6. The Labute approximate surface area is 224 Å². The lowest BCUT2D eigenvalue weighted by molar-refractivity contribution is -0.385. The molecule has 0 amide bonds. The molecule has 1 aromatic heterocycles. The first-order valence-corrected chi connectivity index (χ1v) is 12.9. The van der Waals surface area contributed by atoms with Crippen LogP contribution in [0.4, 0.5) is 5.69 Å². The molecule has 3 aromatic carbocycles. The van der Waals surface area contributed by atoms with E-state index in [1.807, 2.05) is 30.3 Å². The molecular weight excluding hydrogens is 592 g/mol. The Hall–Kier alpha value is -3.37. The number of nitro benzene ring substituents is 1. The van der Waals surface area contributed by atoms with E-state index in [1.54, 1.807) is 18.2 Å². The predicted octanol–water partition coefficient (Wildman–Crippen LogP) is 6.63. The second-order valence-corrected chi connectivity index (χ2v) is 9.89. The molecule has 10 heteroatoms. The SMILES string of the molecule is CCCCc1nc2ccc(Br)cc2c(=O)n1N=Cc1ccc(OCc2ccc(Br)cc2)c([N+](=O)[O-])c1. The molecule has 184 valence electrons. The maximum absolute atomic E-state index is 13.2. The van der Waals surface area contributed by atoms with Crippen molar-refractivity contribution >= 4 is 54.7 Å². The quantitative estimate of drug-likeness (QED) is 0.120. The first-order valence-electron chi connectivity index (χ1n) is 11.3. The van der Waals surface area contributed by atoms with Gasteiger partial charge in [-0.25, -0.2) is 4.98 Å². The van der Waals surface area contributed by atoms with Gasteiger partial charge in [-0.2, -0.15) is 9.78 Å². The highest BCUT2D eigenvalue weighted by molar-refractivity contribution is 9.10. The van der Waals surface area contributed by atoms with Gasteiger partial charge in [-0.3, -0.25) is 14.9 Å². The fraction of sp³-hybridized carbons (Fsp3) is 0.192. The second kappa shape index (κ2) is 11.6. The van der Waals surface area contributed by atoms with Gasteiger partial charge < -0.3 is 4.74 Å². The highest BCUT2D eigenvalue weighted by Gasteiger charge is 2.16. The van der Waals surface area contributed by atoms with Gasteiger partial charge in [0.1, 0.15) is 12.4 Å². The van der Waals surface area contributed by atoms with Crippen molar-refractivity contribution < 1.29 is 9.66 Å². The number of fused-ring (bicyclic) bond motifs is 1. The fourth-order valence-corrected chi connectivity index (χ4v) is 4.18. The van der Waals surface area contributed by atoms with Crippen molar-refractivity contribution in [2.75, 3.05) is 0 Å². The largest absolute Gasteiger partial charge is 0.482 e. The van der Waals surface area contributed by atoms with Crippen LogP contribution in [0.3, 0.4) is 0 Å². The van der Waals surface area contributed by atoms with Crippen LogP contribution in [-0.4, -0.2) is 20.8 Å². The molecule has 0 N–H and O–H groups in total. The number of aryl methyl sites for hydroxylation is 1. The third-order valence-electron chi connectivity index (χ3n) is 5.44. The second-order valence-electron chi connectivity index (χ2n) is 8.05. The van der Waals surface area contributed by atoms with Crippen LogP contribution in [-0.2, 0) is 13.0 Å². The van der Waals surface area contributed by atoms with Crippen LogP contribution >= 0.6 is 31.9 Å². The summed E-state index contributed by atoms with van der Waals surface area (Å²) in [7, 11) is 0. The zero-order chi connectivity index (χ0) is 25.7. The smallest absolute Gasteiger partial charge is 0.311 e. The highest BCUT2D eigenvalue weighted by atomic mass is 79.9. The maximum Gasteiger partial charge on any atom is 0.311 e.